The van der Waals surface area contributed by atoms with E-state index in [0.717, 1.165) is 12.1 Å². The molecule has 6 atom stereocenters. The molecule has 1 aromatic rings. The van der Waals surface area contributed by atoms with Crippen molar-refractivity contribution in [1.82, 2.24) is 4.90 Å². The lowest BCUT2D eigenvalue weighted by Crippen LogP contribution is -2.40. The number of carbonyl (C=O) groups is 2. The number of imide groups is 1. The highest BCUT2D eigenvalue weighted by Gasteiger charge is 2.66. The van der Waals surface area contributed by atoms with E-state index < -0.39 is 0 Å². The first kappa shape index (κ1) is 14.3. The van der Waals surface area contributed by atoms with Crippen LogP contribution in [-0.4, -0.2) is 23.4 Å². The molecule has 2 amide bonds. The highest BCUT2D eigenvalue weighted by atomic mass is 16.2. The minimum atomic E-state index is -0.0977. The van der Waals surface area contributed by atoms with Crippen LogP contribution in [0.4, 0.5) is 5.69 Å². The Balaban J connectivity index is 1.37. The third-order valence-corrected chi connectivity index (χ3v) is 6.58. The van der Waals surface area contributed by atoms with Crippen LogP contribution in [0.15, 0.2) is 36.4 Å². The molecular formula is C20H22N2O2. The van der Waals surface area contributed by atoms with E-state index >= 15 is 0 Å². The quantitative estimate of drug-likeness (QED) is 0.685. The maximum Gasteiger partial charge on any atom is 0.235 e. The highest BCUT2D eigenvalue weighted by Crippen LogP contribution is 2.65. The van der Waals surface area contributed by atoms with Crippen molar-refractivity contribution in [2.75, 3.05) is 12.0 Å². The molecule has 4 heteroatoms. The van der Waals surface area contributed by atoms with Gasteiger partial charge in [0.05, 0.1) is 18.5 Å². The lowest BCUT2D eigenvalue weighted by atomic mass is 9.63. The molecule has 0 spiro atoms. The second kappa shape index (κ2) is 4.95. The minimum Gasteiger partial charge on any atom is -0.367 e. The Kier molecular flexibility index (Phi) is 2.94. The summed E-state index contributed by atoms with van der Waals surface area (Å²) in [6.45, 7) is 2.40. The van der Waals surface area contributed by atoms with Crippen LogP contribution in [-0.2, 0) is 16.0 Å². The van der Waals surface area contributed by atoms with Crippen LogP contribution in [0.3, 0.4) is 0 Å². The van der Waals surface area contributed by atoms with Gasteiger partial charge >= 0.3 is 0 Å². The van der Waals surface area contributed by atoms with E-state index in [4.69, 9.17) is 0 Å². The molecule has 2 bridgehead atoms. The number of allylic oxidation sites excluding steroid dienone is 2. The molecule has 2 saturated carbocycles. The molecule has 1 aromatic carbocycles. The molecule has 4 nitrogen and oxygen atoms in total. The van der Waals surface area contributed by atoms with Crippen molar-refractivity contribution in [1.29, 1.82) is 0 Å². The smallest absolute Gasteiger partial charge is 0.235 e. The molecule has 1 saturated heterocycles. The van der Waals surface area contributed by atoms with Crippen molar-refractivity contribution >= 4 is 17.5 Å². The highest BCUT2D eigenvalue weighted by molar-refractivity contribution is 6.06. The van der Waals surface area contributed by atoms with Gasteiger partial charge in [-0.3, -0.25) is 14.5 Å². The van der Waals surface area contributed by atoms with Crippen molar-refractivity contribution in [2.45, 2.75) is 19.8 Å². The van der Waals surface area contributed by atoms with E-state index in [0.29, 0.717) is 23.7 Å². The van der Waals surface area contributed by atoms with Crippen molar-refractivity contribution in [2.24, 2.45) is 35.5 Å². The predicted octanol–water partition coefficient (Wildman–Crippen LogP) is 2.67. The zero-order valence-corrected chi connectivity index (χ0v) is 13.8. The van der Waals surface area contributed by atoms with E-state index in [9.17, 15) is 9.59 Å². The van der Waals surface area contributed by atoms with Gasteiger partial charge in [0.2, 0.25) is 11.8 Å². The molecule has 4 aliphatic carbocycles. The lowest BCUT2D eigenvalue weighted by Gasteiger charge is -2.37. The van der Waals surface area contributed by atoms with E-state index in [2.05, 4.69) is 30.5 Å². The first-order valence-electron chi connectivity index (χ1n) is 9.06. The summed E-state index contributed by atoms with van der Waals surface area (Å²) in [5, 5.41) is 3.31. The Morgan fingerprint density at radius 2 is 1.67 bits per heavy atom. The topological polar surface area (TPSA) is 49.4 Å². The molecular weight excluding hydrogens is 300 g/mol. The number of aryl methyl sites for hydroxylation is 1. The van der Waals surface area contributed by atoms with E-state index in [1.165, 1.54) is 16.9 Å². The summed E-state index contributed by atoms with van der Waals surface area (Å²) in [6.07, 6.45) is 6.56. The van der Waals surface area contributed by atoms with Crippen LogP contribution in [0, 0.1) is 35.5 Å². The zero-order chi connectivity index (χ0) is 16.4. The lowest BCUT2D eigenvalue weighted by molar-refractivity contribution is -0.139. The third kappa shape index (κ3) is 1.80. The monoisotopic (exact) mass is 322 g/mol. The van der Waals surface area contributed by atoms with Gasteiger partial charge in [0.25, 0.3) is 0 Å². The number of para-hydroxylation sites is 1. The molecule has 1 N–H and O–H groups in total. The molecule has 0 unspecified atom stereocenters. The van der Waals surface area contributed by atoms with Crippen molar-refractivity contribution in [3.05, 3.63) is 42.0 Å². The zero-order valence-electron chi connectivity index (χ0n) is 13.8. The fourth-order valence-corrected chi connectivity index (χ4v) is 5.34. The molecule has 5 aliphatic rings. The van der Waals surface area contributed by atoms with Gasteiger partial charge in [0.15, 0.2) is 0 Å². The number of rotatable bonds is 4. The minimum absolute atomic E-state index is 0.0381. The summed E-state index contributed by atoms with van der Waals surface area (Å²) in [5.41, 5.74) is 2.22. The molecule has 1 aliphatic heterocycles. The molecule has 6 rings (SSSR count). The number of nitrogens with one attached hydrogen (secondary N) is 1. The van der Waals surface area contributed by atoms with Gasteiger partial charge in [0.1, 0.15) is 0 Å². The summed E-state index contributed by atoms with van der Waals surface area (Å²) < 4.78 is 0. The first-order valence-corrected chi connectivity index (χ1v) is 9.06. The normalized spacial score (nSPS) is 38.3. The molecule has 0 radical (unpaired) electrons. The predicted molar refractivity (Wildman–Crippen MR) is 90.9 cm³/mol. The van der Waals surface area contributed by atoms with E-state index in [-0.39, 0.29) is 30.3 Å². The fraction of sp³-hybridized carbons (Fsp3) is 0.500. The molecule has 0 aromatic heterocycles. The van der Waals surface area contributed by atoms with Crippen LogP contribution in [0.25, 0.3) is 0 Å². The Labute approximate surface area is 141 Å². The Hall–Kier alpha value is -2.10. The summed E-state index contributed by atoms with van der Waals surface area (Å²) in [7, 11) is 0. The largest absolute Gasteiger partial charge is 0.367 e. The average Bonchev–Trinajstić information content (AvgIpc) is 3.39. The average molecular weight is 322 g/mol. The van der Waals surface area contributed by atoms with Gasteiger partial charge in [-0.2, -0.15) is 0 Å². The Morgan fingerprint density at radius 3 is 2.29 bits per heavy atom. The van der Waals surface area contributed by atoms with Crippen molar-refractivity contribution < 1.29 is 9.59 Å². The number of nitrogens with zero attached hydrogens (tertiary/aromatic N) is 1. The maximum absolute atomic E-state index is 12.9. The van der Waals surface area contributed by atoms with Crippen molar-refractivity contribution in [3.8, 4) is 0 Å². The summed E-state index contributed by atoms with van der Waals surface area (Å²) >= 11 is 0. The van der Waals surface area contributed by atoms with Crippen LogP contribution >= 0.6 is 0 Å². The van der Waals surface area contributed by atoms with Gasteiger partial charge in [-0.1, -0.05) is 37.3 Å². The number of carbonyl (C=O) groups excluding carboxylic acids is 2. The second-order valence-electron chi connectivity index (χ2n) is 7.60. The van der Waals surface area contributed by atoms with Crippen LogP contribution in [0.2, 0.25) is 0 Å². The summed E-state index contributed by atoms with van der Waals surface area (Å²) in [5.74, 6) is 1.80. The summed E-state index contributed by atoms with van der Waals surface area (Å²) in [4.78, 5) is 27.3. The Morgan fingerprint density at radius 1 is 1.04 bits per heavy atom. The number of hydrogen-bond acceptors (Lipinski definition) is 3. The molecule has 1 heterocycles. The number of amides is 2. The standard InChI is InChI=1S/C20H22N2O2/c1-2-11-5-3-4-6-16(11)21-10-22-19(23)17-12-7-8-13(15-9-14(12)15)18(17)20(22)24/h3-8,12-15,17-18,21H,2,9-10H2,1H3/t12-,13-,14-,15+,17-,18+/m1/s1. The number of hydrogen-bond donors (Lipinski definition) is 1. The van der Waals surface area contributed by atoms with Gasteiger partial charge < -0.3 is 5.32 Å². The number of likely N-dealkylation sites (tertiary alicyclic amines) is 1. The van der Waals surface area contributed by atoms with Crippen LogP contribution in [0.5, 0.6) is 0 Å². The Bertz CT molecular complexity index is 720. The molecule has 124 valence electrons. The maximum atomic E-state index is 12.9. The first-order chi connectivity index (χ1) is 11.7. The van der Waals surface area contributed by atoms with Crippen LogP contribution in [0.1, 0.15) is 18.9 Å². The van der Waals surface area contributed by atoms with Gasteiger partial charge in [-0.15, -0.1) is 0 Å². The number of benzene rings is 1. The molecule has 24 heavy (non-hydrogen) atoms. The third-order valence-electron chi connectivity index (χ3n) is 6.58. The summed E-state index contributed by atoms with van der Waals surface area (Å²) in [6, 6.07) is 8.08. The van der Waals surface area contributed by atoms with Gasteiger partial charge in [0, 0.05) is 5.69 Å². The van der Waals surface area contributed by atoms with E-state index in [1.807, 2.05) is 18.2 Å². The van der Waals surface area contributed by atoms with Gasteiger partial charge in [-0.05, 0) is 48.1 Å². The SMILES string of the molecule is CCc1ccccc1NCN1C(=O)[C@@H]2[C@@H]3C=C[C@H]([C@@H]4C[C@H]34)[C@@H]2C1=O. The van der Waals surface area contributed by atoms with Crippen LogP contribution < -0.4 is 5.32 Å². The van der Waals surface area contributed by atoms with Crippen molar-refractivity contribution in [3.63, 3.8) is 0 Å². The molecule has 3 fully saturated rings. The second-order valence-corrected chi connectivity index (χ2v) is 7.60. The van der Waals surface area contributed by atoms with Gasteiger partial charge in [-0.25, -0.2) is 0 Å². The fourth-order valence-electron chi connectivity index (χ4n) is 5.34. The van der Waals surface area contributed by atoms with E-state index in [1.54, 1.807) is 0 Å². The number of anilines is 1.